The van der Waals surface area contributed by atoms with E-state index in [4.69, 9.17) is 0 Å². The summed E-state index contributed by atoms with van der Waals surface area (Å²) in [6.45, 7) is 0. The third kappa shape index (κ3) is 3.63. The maximum absolute atomic E-state index is 12.3. The minimum atomic E-state index is -0.171. The van der Waals surface area contributed by atoms with E-state index in [0.717, 1.165) is 15.8 Å². The summed E-state index contributed by atoms with van der Waals surface area (Å²) in [5.74, 6) is -0.171. The highest BCUT2D eigenvalue weighted by molar-refractivity contribution is 8.00. The molecular formula is C17H14N4OS2. The van der Waals surface area contributed by atoms with Crippen LogP contribution in [0.5, 0.6) is 0 Å². The molecule has 1 aliphatic carbocycles. The van der Waals surface area contributed by atoms with Gasteiger partial charge in [-0.05, 0) is 49.2 Å². The van der Waals surface area contributed by atoms with Crippen LogP contribution in [0.15, 0.2) is 53.7 Å². The molecule has 1 amide bonds. The maximum Gasteiger partial charge on any atom is 0.257 e. The number of nitrogens with one attached hydrogen (secondary N) is 1. The Hall–Kier alpha value is -2.25. The number of aromatic nitrogens is 3. The highest BCUT2D eigenvalue weighted by atomic mass is 32.2. The van der Waals surface area contributed by atoms with Crippen molar-refractivity contribution in [3.63, 3.8) is 0 Å². The van der Waals surface area contributed by atoms with Gasteiger partial charge in [0.25, 0.3) is 5.91 Å². The molecule has 3 aromatic rings. The number of anilines is 1. The molecule has 0 atom stereocenters. The number of carbonyl (C=O) groups excluding carboxylic acids is 1. The van der Waals surface area contributed by atoms with Crippen molar-refractivity contribution in [1.82, 2.24) is 15.2 Å². The van der Waals surface area contributed by atoms with Crippen LogP contribution in [0.2, 0.25) is 0 Å². The zero-order chi connectivity index (χ0) is 16.4. The molecule has 0 unspecified atom stereocenters. The van der Waals surface area contributed by atoms with Crippen LogP contribution in [0, 0.1) is 0 Å². The van der Waals surface area contributed by atoms with Crippen LogP contribution >= 0.6 is 23.1 Å². The minimum absolute atomic E-state index is 0.171. The summed E-state index contributed by atoms with van der Waals surface area (Å²) in [6, 6.07) is 11.4. The second kappa shape index (κ2) is 6.70. The molecule has 0 aliphatic heterocycles. The second-order valence-corrected chi connectivity index (χ2v) is 7.80. The van der Waals surface area contributed by atoms with Crippen LogP contribution in [0.4, 0.5) is 5.13 Å². The number of amides is 1. The summed E-state index contributed by atoms with van der Waals surface area (Å²) in [5, 5.41) is 13.0. The lowest BCUT2D eigenvalue weighted by molar-refractivity contribution is 0.102. The number of hydrogen-bond acceptors (Lipinski definition) is 6. The molecular weight excluding hydrogens is 340 g/mol. The van der Waals surface area contributed by atoms with Crippen molar-refractivity contribution in [2.45, 2.75) is 23.0 Å². The van der Waals surface area contributed by atoms with Crippen LogP contribution in [0.3, 0.4) is 0 Å². The molecule has 0 bridgehead atoms. The second-order valence-electron chi connectivity index (χ2n) is 5.44. The predicted octanol–water partition coefficient (Wildman–Crippen LogP) is 4.11. The largest absolute Gasteiger partial charge is 0.296 e. The normalized spacial score (nSPS) is 13.7. The van der Waals surface area contributed by atoms with E-state index in [1.165, 1.54) is 29.1 Å². The van der Waals surface area contributed by atoms with E-state index in [2.05, 4.69) is 20.5 Å². The maximum atomic E-state index is 12.3. The molecule has 0 spiro atoms. The van der Waals surface area contributed by atoms with E-state index in [-0.39, 0.29) is 5.91 Å². The standard InChI is InChI=1S/C17H14N4OS2/c22-15(11-1-3-13(4-2-11)23-14-5-6-14)19-17-21-20-16(24-17)12-7-9-18-10-8-12/h1-4,7-10,14H,5-6H2,(H,19,21,22). The van der Waals surface area contributed by atoms with E-state index >= 15 is 0 Å². The van der Waals surface area contributed by atoms with Gasteiger partial charge in [-0.25, -0.2) is 0 Å². The first-order valence-electron chi connectivity index (χ1n) is 7.60. The van der Waals surface area contributed by atoms with Crippen molar-refractivity contribution in [2.24, 2.45) is 0 Å². The summed E-state index contributed by atoms with van der Waals surface area (Å²) < 4.78 is 0. The Morgan fingerprint density at radius 1 is 1.08 bits per heavy atom. The summed E-state index contributed by atoms with van der Waals surface area (Å²) >= 11 is 3.22. The van der Waals surface area contributed by atoms with Gasteiger partial charge in [-0.2, -0.15) is 0 Å². The summed E-state index contributed by atoms with van der Waals surface area (Å²) in [5.41, 5.74) is 1.56. The number of hydrogen-bond donors (Lipinski definition) is 1. The number of carbonyl (C=O) groups is 1. The van der Waals surface area contributed by atoms with Gasteiger partial charge in [0.1, 0.15) is 5.01 Å². The molecule has 4 rings (SSSR count). The number of thioether (sulfide) groups is 1. The van der Waals surface area contributed by atoms with E-state index < -0.39 is 0 Å². The molecule has 2 heterocycles. The van der Waals surface area contributed by atoms with Crippen molar-refractivity contribution in [1.29, 1.82) is 0 Å². The molecule has 0 radical (unpaired) electrons. The van der Waals surface area contributed by atoms with Gasteiger partial charge >= 0.3 is 0 Å². The molecule has 1 aliphatic rings. The summed E-state index contributed by atoms with van der Waals surface area (Å²) in [7, 11) is 0. The Balaban J connectivity index is 1.43. The lowest BCUT2D eigenvalue weighted by Crippen LogP contribution is -2.11. The molecule has 1 aromatic carbocycles. The number of pyridine rings is 1. The first kappa shape index (κ1) is 15.3. The Morgan fingerprint density at radius 3 is 2.54 bits per heavy atom. The lowest BCUT2D eigenvalue weighted by Gasteiger charge is -2.03. The minimum Gasteiger partial charge on any atom is -0.296 e. The van der Waals surface area contributed by atoms with Crippen molar-refractivity contribution >= 4 is 34.1 Å². The van der Waals surface area contributed by atoms with Gasteiger partial charge in [0.15, 0.2) is 0 Å². The molecule has 7 heteroatoms. The fourth-order valence-corrected chi connectivity index (χ4v) is 3.91. The number of benzene rings is 1. The SMILES string of the molecule is O=C(Nc1nnc(-c2ccncc2)s1)c1ccc(SC2CC2)cc1. The van der Waals surface area contributed by atoms with Crippen molar-refractivity contribution in [3.05, 3.63) is 54.4 Å². The van der Waals surface area contributed by atoms with Crippen LogP contribution in [-0.4, -0.2) is 26.3 Å². The lowest BCUT2D eigenvalue weighted by atomic mass is 10.2. The third-order valence-electron chi connectivity index (χ3n) is 3.52. The van der Waals surface area contributed by atoms with Gasteiger partial charge in [0, 0.05) is 33.7 Å². The van der Waals surface area contributed by atoms with Gasteiger partial charge in [0.05, 0.1) is 0 Å². The van der Waals surface area contributed by atoms with E-state index in [1.807, 2.05) is 48.2 Å². The smallest absolute Gasteiger partial charge is 0.257 e. The van der Waals surface area contributed by atoms with Gasteiger partial charge < -0.3 is 0 Å². The summed E-state index contributed by atoms with van der Waals surface area (Å²) in [6.07, 6.45) is 6.00. The van der Waals surface area contributed by atoms with Crippen molar-refractivity contribution in [3.8, 4) is 10.6 Å². The van der Waals surface area contributed by atoms with Crippen LogP contribution in [-0.2, 0) is 0 Å². The van der Waals surface area contributed by atoms with Crippen LogP contribution in [0.1, 0.15) is 23.2 Å². The Labute approximate surface area is 147 Å². The van der Waals surface area contributed by atoms with Crippen molar-refractivity contribution in [2.75, 3.05) is 5.32 Å². The van der Waals surface area contributed by atoms with Crippen LogP contribution in [0.25, 0.3) is 10.6 Å². The third-order valence-corrected chi connectivity index (χ3v) is 5.75. The quantitative estimate of drug-likeness (QED) is 0.747. The number of nitrogens with zero attached hydrogens (tertiary/aromatic N) is 3. The highest BCUT2D eigenvalue weighted by Gasteiger charge is 2.22. The van der Waals surface area contributed by atoms with Gasteiger partial charge in [0.2, 0.25) is 5.13 Å². The van der Waals surface area contributed by atoms with E-state index in [0.29, 0.717) is 10.7 Å². The fraction of sp³-hybridized carbons (Fsp3) is 0.176. The molecule has 0 saturated heterocycles. The Kier molecular flexibility index (Phi) is 4.27. The number of rotatable bonds is 5. The Morgan fingerprint density at radius 2 is 1.83 bits per heavy atom. The Bertz CT molecular complexity index is 845. The molecule has 2 aromatic heterocycles. The molecule has 5 nitrogen and oxygen atoms in total. The monoisotopic (exact) mass is 354 g/mol. The summed E-state index contributed by atoms with van der Waals surface area (Å²) in [4.78, 5) is 17.5. The van der Waals surface area contributed by atoms with Gasteiger partial charge in [-0.15, -0.1) is 22.0 Å². The van der Waals surface area contributed by atoms with Gasteiger partial charge in [-0.3, -0.25) is 15.1 Å². The highest BCUT2D eigenvalue weighted by Crippen LogP contribution is 2.39. The molecule has 1 N–H and O–H groups in total. The van der Waals surface area contributed by atoms with Crippen LogP contribution < -0.4 is 5.32 Å². The zero-order valence-corrected chi connectivity index (χ0v) is 14.3. The molecule has 1 saturated carbocycles. The van der Waals surface area contributed by atoms with Gasteiger partial charge in [-0.1, -0.05) is 11.3 Å². The molecule has 120 valence electrons. The fourth-order valence-electron chi connectivity index (χ4n) is 2.12. The molecule has 24 heavy (non-hydrogen) atoms. The predicted molar refractivity (Wildman–Crippen MR) is 96.4 cm³/mol. The first-order valence-corrected chi connectivity index (χ1v) is 9.29. The van der Waals surface area contributed by atoms with E-state index in [9.17, 15) is 4.79 Å². The average molecular weight is 354 g/mol. The van der Waals surface area contributed by atoms with Crippen molar-refractivity contribution < 1.29 is 4.79 Å². The topological polar surface area (TPSA) is 67.8 Å². The first-order chi connectivity index (χ1) is 11.8. The zero-order valence-electron chi connectivity index (χ0n) is 12.7. The molecule has 1 fully saturated rings. The average Bonchev–Trinajstić information content (AvgIpc) is 3.31. The van der Waals surface area contributed by atoms with E-state index in [1.54, 1.807) is 12.4 Å².